The van der Waals surface area contributed by atoms with Crippen molar-refractivity contribution in [2.75, 3.05) is 7.05 Å². The summed E-state index contributed by atoms with van der Waals surface area (Å²) in [5.41, 5.74) is -0.0988. The van der Waals surface area contributed by atoms with E-state index in [1.165, 1.54) is 55.3 Å². The third-order valence-corrected chi connectivity index (χ3v) is 3.95. The average molecular weight is 409 g/mol. The monoisotopic (exact) mass is 409 g/mol. The molecule has 8 heteroatoms. The van der Waals surface area contributed by atoms with Gasteiger partial charge < -0.3 is 9.64 Å². The number of hydrogen-bond donors (Lipinski definition) is 0. The number of esters is 1. The Morgan fingerprint density at radius 2 is 1.83 bits per heavy atom. The van der Waals surface area contributed by atoms with E-state index in [0.717, 1.165) is 18.2 Å². The fourth-order valence-corrected chi connectivity index (χ4v) is 2.54. The number of hydrogen-bond acceptors (Lipinski definition) is 3. The van der Waals surface area contributed by atoms with Crippen LogP contribution in [0.3, 0.4) is 0 Å². The Labute approximate surface area is 165 Å². The van der Waals surface area contributed by atoms with Crippen LogP contribution in [0.1, 0.15) is 23.6 Å². The molecule has 0 aliphatic carbocycles. The highest BCUT2D eigenvalue weighted by atomic mass is 19.4. The van der Waals surface area contributed by atoms with Crippen molar-refractivity contribution in [2.24, 2.45) is 0 Å². The van der Waals surface area contributed by atoms with Crippen LogP contribution >= 0.6 is 0 Å². The number of alkyl halides is 3. The first-order valence-corrected chi connectivity index (χ1v) is 8.61. The Hall–Kier alpha value is -3.16. The summed E-state index contributed by atoms with van der Waals surface area (Å²) in [5.74, 6) is -1.81. The van der Waals surface area contributed by atoms with Crippen LogP contribution in [-0.4, -0.2) is 29.9 Å². The molecule has 0 aliphatic heterocycles. The summed E-state index contributed by atoms with van der Waals surface area (Å²) in [6.07, 6.45) is -3.48. The van der Waals surface area contributed by atoms with Crippen LogP contribution in [0.25, 0.3) is 6.08 Å². The molecular formula is C21H19F4NO3. The highest BCUT2D eigenvalue weighted by molar-refractivity contribution is 5.90. The number of likely N-dealkylation sites (N-methyl/N-ethyl adjacent to an activating group) is 1. The molecule has 4 nitrogen and oxygen atoms in total. The first-order valence-electron chi connectivity index (χ1n) is 8.61. The number of amides is 1. The molecule has 0 N–H and O–H groups in total. The van der Waals surface area contributed by atoms with Crippen molar-refractivity contribution >= 4 is 18.0 Å². The first kappa shape index (κ1) is 22.1. The molecule has 0 saturated carbocycles. The van der Waals surface area contributed by atoms with Crippen molar-refractivity contribution in [1.29, 1.82) is 0 Å². The molecular weight excluding hydrogens is 390 g/mol. The molecule has 0 radical (unpaired) electrons. The van der Waals surface area contributed by atoms with Gasteiger partial charge in [0.15, 0.2) is 6.10 Å². The summed E-state index contributed by atoms with van der Waals surface area (Å²) < 4.78 is 56.3. The summed E-state index contributed by atoms with van der Waals surface area (Å²) in [6, 6.07) is 10.2. The van der Waals surface area contributed by atoms with Gasteiger partial charge >= 0.3 is 12.1 Å². The van der Waals surface area contributed by atoms with Crippen molar-refractivity contribution < 1.29 is 31.9 Å². The van der Waals surface area contributed by atoms with Crippen molar-refractivity contribution in [3.05, 3.63) is 77.1 Å². The second-order valence-electron chi connectivity index (χ2n) is 6.36. The number of carbonyl (C=O) groups excluding carboxylic acids is 2. The second-order valence-corrected chi connectivity index (χ2v) is 6.36. The van der Waals surface area contributed by atoms with E-state index in [0.29, 0.717) is 5.56 Å². The minimum absolute atomic E-state index is 0.124. The van der Waals surface area contributed by atoms with Crippen LogP contribution in [0.4, 0.5) is 17.6 Å². The number of nitrogens with zero attached hydrogens (tertiary/aromatic N) is 1. The summed E-state index contributed by atoms with van der Waals surface area (Å²) in [6.45, 7) is 1.50. The third kappa shape index (κ3) is 6.74. The molecule has 0 saturated heterocycles. The quantitative estimate of drug-likeness (QED) is 0.402. The lowest BCUT2D eigenvalue weighted by Crippen LogP contribution is -2.36. The van der Waals surface area contributed by atoms with Gasteiger partial charge in [-0.15, -0.1) is 0 Å². The fourth-order valence-electron chi connectivity index (χ4n) is 2.54. The third-order valence-electron chi connectivity index (χ3n) is 3.95. The SMILES string of the molecule is CC(OC(=O)/C=C/c1cccc(C(F)(F)F)c1)C(=O)N(C)Cc1cccc(F)c1. The Balaban J connectivity index is 1.94. The molecule has 2 aromatic rings. The summed E-state index contributed by atoms with van der Waals surface area (Å²) in [4.78, 5) is 25.5. The van der Waals surface area contributed by atoms with Gasteiger partial charge in [-0.25, -0.2) is 9.18 Å². The molecule has 0 heterocycles. The topological polar surface area (TPSA) is 46.6 Å². The van der Waals surface area contributed by atoms with Gasteiger partial charge in [0.05, 0.1) is 5.56 Å². The van der Waals surface area contributed by atoms with Gasteiger partial charge in [-0.05, 0) is 48.4 Å². The zero-order chi connectivity index (χ0) is 21.6. The summed E-state index contributed by atoms with van der Waals surface area (Å²) in [7, 11) is 1.48. The normalized spacial score (nSPS) is 12.6. The van der Waals surface area contributed by atoms with Crippen molar-refractivity contribution in [1.82, 2.24) is 4.90 Å². The maximum absolute atomic E-state index is 13.2. The van der Waals surface area contributed by atoms with Gasteiger partial charge in [0.2, 0.25) is 0 Å². The lowest BCUT2D eigenvalue weighted by molar-refractivity contribution is -0.154. The maximum atomic E-state index is 13.2. The highest BCUT2D eigenvalue weighted by Crippen LogP contribution is 2.29. The predicted octanol–water partition coefficient (Wildman–Crippen LogP) is 4.45. The van der Waals surface area contributed by atoms with Gasteiger partial charge in [-0.2, -0.15) is 13.2 Å². The van der Waals surface area contributed by atoms with E-state index in [1.807, 2.05) is 0 Å². The Bertz CT molecular complexity index is 909. The van der Waals surface area contributed by atoms with E-state index in [2.05, 4.69) is 0 Å². The highest BCUT2D eigenvalue weighted by Gasteiger charge is 2.30. The summed E-state index contributed by atoms with van der Waals surface area (Å²) >= 11 is 0. The maximum Gasteiger partial charge on any atom is 0.416 e. The Morgan fingerprint density at radius 3 is 2.48 bits per heavy atom. The summed E-state index contributed by atoms with van der Waals surface area (Å²) in [5, 5.41) is 0. The lowest BCUT2D eigenvalue weighted by atomic mass is 10.1. The van der Waals surface area contributed by atoms with E-state index in [-0.39, 0.29) is 12.1 Å². The molecule has 1 atom stereocenters. The van der Waals surface area contributed by atoms with Crippen LogP contribution < -0.4 is 0 Å². The molecule has 2 rings (SSSR count). The zero-order valence-electron chi connectivity index (χ0n) is 15.7. The standard InChI is InChI=1S/C21H19F4NO3/c1-14(20(28)26(2)13-16-6-4-8-18(22)12-16)29-19(27)10-9-15-5-3-7-17(11-15)21(23,24)25/h3-12,14H,13H2,1-2H3/b10-9+. The largest absolute Gasteiger partial charge is 0.449 e. The lowest BCUT2D eigenvalue weighted by Gasteiger charge is -2.21. The van der Waals surface area contributed by atoms with Crippen molar-refractivity contribution in [3.63, 3.8) is 0 Å². The van der Waals surface area contributed by atoms with Crippen molar-refractivity contribution in [2.45, 2.75) is 25.7 Å². The van der Waals surface area contributed by atoms with Crippen LogP contribution in [0.15, 0.2) is 54.6 Å². The van der Waals surface area contributed by atoms with Gasteiger partial charge in [-0.3, -0.25) is 4.79 Å². The zero-order valence-corrected chi connectivity index (χ0v) is 15.7. The molecule has 29 heavy (non-hydrogen) atoms. The molecule has 2 aromatic carbocycles. The number of carbonyl (C=O) groups is 2. The molecule has 154 valence electrons. The van der Waals surface area contributed by atoms with Crippen LogP contribution in [0.2, 0.25) is 0 Å². The molecule has 0 aliphatic rings. The number of ether oxygens (including phenoxy) is 1. The fraction of sp³-hybridized carbons (Fsp3) is 0.238. The van der Waals surface area contributed by atoms with Gasteiger partial charge in [0.1, 0.15) is 5.82 Å². The Morgan fingerprint density at radius 1 is 1.14 bits per heavy atom. The average Bonchev–Trinajstić information content (AvgIpc) is 2.65. The predicted molar refractivity (Wildman–Crippen MR) is 98.9 cm³/mol. The van der Waals surface area contributed by atoms with Gasteiger partial charge in [-0.1, -0.05) is 24.3 Å². The van der Waals surface area contributed by atoms with E-state index in [9.17, 15) is 27.2 Å². The molecule has 0 fully saturated rings. The van der Waals surface area contributed by atoms with E-state index < -0.39 is 35.5 Å². The van der Waals surface area contributed by atoms with E-state index >= 15 is 0 Å². The molecule has 1 amide bonds. The van der Waals surface area contributed by atoms with Crippen molar-refractivity contribution in [3.8, 4) is 0 Å². The van der Waals surface area contributed by atoms with E-state index in [1.54, 1.807) is 6.07 Å². The van der Waals surface area contributed by atoms with Crippen LogP contribution in [0, 0.1) is 5.82 Å². The molecule has 1 unspecified atom stereocenters. The van der Waals surface area contributed by atoms with E-state index in [4.69, 9.17) is 4.74 Å². The molecule has 0 spiro atoms. The number of rotatable bonds is 6. The minimum Gasteiger partial charge on any atom is -0.449 e. The van der Waals surface area contributed by atoms with Gasteiger partial charge in [0, 0.05) is 19.7 Å². The second kappa shape index (κ2) is 9.36. The smallest absolute Gasteiger partial charge is 0.416 e. The number of halogens is 4. The number of benzene rings is 2. The molecule has 0 bridgehead atoms. The van der Waals surface area contributed by atoms with Gasteiger partial charge in [0.25, 0.3) is 5.91 Å². The Kier molecular flexibility index (Phi) is 7.14. The van der Waals surface area contributed by atoms with Crippen LogP contribution in [0.5, 0.6) is 0 Å². The molecule has 0 aromatic heterocycles. The first-order chi connectivity index (χ1) is 13.6. The van der Waals surface area contributed by atoms with Crippen LogP contribution in [-0.2, 0) is 27.0 Å². The minimum atomic E-state index is -4.49.